The molecule has 4 aromatic heterocycles. The predicted octanol–water partition coefficient (Wildman–Crippen LogP) is 5.83. The quantitative estimate of drug-likeness (QED) is 0.270. The Kier molecular flexibility index (Phi) is 6.45. The summed E-state index contributed by atoms with van der Waals surface area (Å²) >= 11 is 1.63. The molecule has 0 saturated carbocycles. The number of furan rings is 1. The number of nitrogens with zero attached hydrogens (tertiary/aromatic N) is 4. The number of para-hydroxylation sites is 1. The number of carbonyl (C=O) groups excluding carboxylic acids is 1. The molecule has 5 aromatic rings. The highest BCUT2D eigenvalue weighted by atomic mass is 32.1. The number of pyridine rings is 1. The maximum atomic E-state index is 13.3. The van der Waals surface area contributed by atoms with E-state index in [1.165, 1.54) is 0 Å². The van der Waals surface area contributed by atoms with Crippen LogP contribution in [0.4, 0.5) is 0 Å². The van der Waals surface area contributed by atoms with Crippen molar-refractivity contribution in [2.24, 2.45) is 0 Å². The lowest BCUT2D eigenvalue weighted by atomic mass is 10.1. The normalized spacial score (nSPS) is 11.2. The molecule has 0 unspecified atom stereocenters. The summed E-state index contributed by atoms with van der Waals surface area (Å²) in [7, 11) is 0. The minimum absolute atomic E-state index is 0.102. The first-order valence-electron chi connectivity index (χ1n) is 10.8. The van der Waals surface area contributed by atoms with Gasteiger partial charge in [0.2, 0.25) is 5.91 Å². The molecule has 34 heavy (non-hydrogen) atoms. The van der Waals surface area contributed by atoms with E-state index in [4.69, 9.17) is 9.52 Å². The molecule has 0 bridgehead atoms. The van der Waals surface area contributed by atoms with Gasteiger partial charge in [0.1, 0.15) is 11.5 Å². The standard InChI is InChI=1S/C27H22N4O2S/c32-26(30(19-24-10-5-15-33-24)20-25-11-6-16-34-25)13-12-22-18-31(23-8-2-1-3-9-23)29-27(22)21-7-4-14-28-17-21/h1-18H,19-20H2/b13-12+. The summed E-state index contributed by atoms with van der Waals surface area (Å²) in [6, 6.07) is 21.5. The molecule has 168 valence electrons. The average Bonchev–Trinajstić information content (AvgIpc) is 3.66. The third-order valence-corrected chi connectivity index (χ3v) is 6.13. The first-order chi connectivity index (χ1) is 16.8. The van der Waals surface area contributed by atoms with Crippen LogP contribution in [0.2, 0.25) is 0 Å². The van der Waals surface area contributed by atoms with Gasteiger partial charge >= 0.3 is 0 Å². The Hall–Kier alpha value is -4.23. The first kappa shape index (κ1) is 21.6. The zero-order valence-electron chi connectivity index (χ0n) is 18.3. The van der Waals surface area contributed by atoms with Crippen molar-refractivity contribution in [2.75, 3.05) is 0 Å². The van der Waals surface area contributed by atoms with Gasteiger partial charge < -0.3 is 9.32 Å². The van der Waals surface area contributed by atoms with Gasteiger partial charge in [-0.3, -0.25) is 9.78 Å². The number of benzene rings is 1. The van der Waals surface area contributed by atoms with E-state index < -0.39 is 0 Å². The van der Waals surface area contributed by atoms with Gasteiger partial charge in [-0.1, -0.05) is 24.3 Å². The van der Waals surface area contributed by atoms with Crippen LogP contribution in [0.15, 0.2) is 107 Å². The number of amides is 1. The molecule has 0 aliphatic carbocycles. The minimum atomic E-state index is -0.102. The van der Waals surface area contributed by atoms with Crippen LogP contribution in [0.25, 0.3) is 23.0 Å². The molecule has 0 aliphatic rings. The Morgan fingerprint density at radius 1 is 1.03 bits per heavy atom. The summed E-state index contributed by atoms with van der Waals surface area (Å²) in [6.07, 6.45) is 10.5. The van der Waals surface area contributed by atoms with E-state index in [0.717, 1.165) is 33.1 Å². The van der Waals surface area contributed by atoms with Crippen molar-refractivity contribution in [3.63, 3.8) is 0 Å². The van der Waals surface area contributed by atoms with Crippen molar-refractivity contribution >= 4 is 23.3 Å². The van der Waals surface area contributed by atoms with Gasteiger partial charge in [-0.25, -0.2) is 4.68 Å². The molecule has 4 heterocycles. The molecule has 6 nitrogen and oxygen atoms in total. The largest absolute Gasteiger partial charge is 0.467 e. The van der Waals surface area contributed by atoms with Crippen molar-refractivity contribution < 1.29 is 9.21 Å². The monoisotopic (exact) mass is 466 g/mol. The summed E-state index contributed by atoms with van der Waals surface area (Å²) in [4.78, 5) is 20.4. The number of rotatable bonds is 8. The molecule has 5 rings (SSSR count). The Balaban J connectivity index is 1.45. The third kappa shape index (κ3) is 5.05. The van der Waals surface area contributed by atoms with Crippen molar-refractivity contribution in [2.45, 2.75) is 13.1 Å². The van der Waals surface area contributed by atoms with Crippen LogP contribution in [0.3, 0.4) is 0 Å². The Morgan fingerprint density at radius 3 is 2.68 bits per heavy atom. The van der Waals surface area contributed by atoms with Crippen molar-refractivity contribution in [3.05, 3.63) is 119 Å². The lowest BCUT2D eigenvalue weighted by molar-refractivity contribution is -0.127. The van der Waals surface area contributed by atoms with Crippen LogP contribution in [-0.2, 0) is 17.9 Å². The molecule has 1 amide bonds. The second-order valence-corrected chi connectivity index (χ2v) is 8.67. The maximum Gasteiger partial charge on any atom is 0.247 e. The molecule has 0 fully saturated rings. The fourth-order valence-corrected chi connectivity index (χ4v) is 4.33. The van der Waals surface area contributed by atoms with Crippen LogP contribution >= 0.6 is 11.3 Å². The Morgan fingerprint density at radius 2 is 1.94 bits per heavy atom. The molecule has 0 spiro atoms. The average molecular weight is 467 g/mol. The van der Waals surface area contributed by atoms with E-state index >= 15 is 0 Å². The Bertz CT molecular complexity index is 1320. The lowest BCUT2D eigenvalue weighted by Crippen LogP contribution is -2.27. The van der Waals surface area contributed by atoms with Crippen LogP contribution in [0.5, 0.6) is 0 Å². The van der Waals surface area contributed by atoms with Crippen LogP contribution in [0, 0.1) is 0 Å². The molecule has 7 heteroatoms. The molecule has 1 aromatic carbocycles. The number of aromatic nitrogens is 3. The van der Waals surface area contributed by atoms with E-state index in [0.29, 0.717) is 13.1 Å². The van der Waals surface area contributed by atoms with E-state index in [2.05, 4.69) is 4.98 Å². The highest BCUT2D eigenvalue weighted by Crippen LogP contribution is 2.24. The van der Waals surface area contributed by atoms with E-state index in [1.807, 2.05) is 89.1 Å². The van der Waals surface area contributed by atoms with Gasteiger partial charge in [0.05, 0.1) is 25.0 Å². The van der Waals surface area contributed by atoms with Crippen molar-refractivity contribution in [1.29, 1.82) is 0 Å². The zero-order chi connectivity index (χ0) is 23.2. The molecule has 0 radical (unpaired) electrons. The second kappa shape index (κ2) is 10.1. The van der Waals surface area contributed by atoms with Gasteiger partial charge in [0.15, 0.2) is 0 Å². The Labute approximate surface area is 201 Å². The smallest absolute Gasteiger partial charge is 0.247 e. The van der Waals surface area contributed by atoms with E-state index in [9.17, 15) is 4.79 Å². The molecule has 0 atom stereocenters. The van der Waals surface area contributed by atoms with Gasteiger partial charge in [-0.15, -0.1) is 11.3 Å². The number of thiophene rings is 1. The number of hydrogen-bond acceptors (Lipinski definition) is 5. The lowest BCUT2D eigenvalue weighted by Gasteiger charge is -2.19. The van der Waals surface area contributed by atoms with Crippen molar-refractivity contribution in [1.82, 2.24) is 19.7 Å². The molecule has 0 N–H and O–H groups in total. The second-order valence-electron chi connectivity index (χ2n) is 7.64. The van der Waals surface area contributed by atoms with Gasteiger partial charge in [-0.2, -0.15) is 5.10 Å². The van der Waals surface area contributed by atoms with Crippen LogP contribution in [0.1, 0.15) is 16.2 Å². The summed E-state index contributed by atoms with van der Waals surface area (Å²) < 4.78 is 7.31. The first-order valence-corrected chi connectivity index (χ1v) is 11.7. The van der Waals surface area contributed by atoms with Crippen LogP contribution < -0.4 is 0 Å². The number of carbonyl (C=O) groups is 1. The topological polar surface area (TPSA) is 64.2 Å². The predicted molar refractivity (Wildman–Crippen MR) is 133 cm³/mol. The summed E-state index contributed by atoms with van der Waals surface area (Å²) in [5.74, 6) is 0.639. The maximum absolute atomic E-state index is 13.3. The molecular weight excluding hydrogens is 444 g/mol. The fourth-order valence-electron chi connectivity index (χ4n) is 3.61. The van der Waals surface area contributed by atoms with E-state index in [-0.39, 0.29) is 5.91 Å². The number of hydrogen-bond donors (Lipinski definition) is 0. The van der Waals surface area contributed by atoms with Crippen LogP contribution in [-0.4, -0.2) is 25.6 Å². The minimum Gasteiger partial charge on any atom is -0.467 e. The highest BCUT2D eigenvalue weighted by Gasteiger charge is 2.16. The summed E-state index contributed by atoms with van der Waals surface area (Å²) in [5, 5.41) is 6.80. The van der Waals surface area contributed by atoms with Gasteiger partial charge in [0, 0.05) is 40.7 Å². The zero-order valence-corrected chi connectivity index (χ0v) is 19.1. The van der Waals surface area contributed by atoms with E-state index in [1.54, 1.807) is 41.0 Å². The molecular formula is C27H22N4O2S. The third-order valence-electron chi connectivity index (χ3n) is 5.27. The summed E-state index contributed by atoms with van der Waals surface area (Å²) in [5.41, 5.74) is 3.42. The summed E-state index contributed by atoms with van der Waals surface area (Å²) in [6.45, 7) is 0.910. The fraction of sp³-hybridized carbons (Fsp3) is 0.0741. The molecule has 0 saturated heterocycles. The van der Waals surface area contributed by atoms with Gasteiger partial charge in [-0.05, 0) is 53.9 Å². The van der Waals surface area contributed by atoms with Gasteiger partial charge in [0.25, 0.3) is 0 Å². The van der Waals surface area contributed by atoms with Crippen molar-refractivity contribution in [3.8, 4) is 16.9 Å². The SMILES string of the molecule is O=C(/C=C/c1cn(-c2ccccc2)nc1-c1cccnc1)N(Cc1ccco1)Cc1cccs1. The highest BCUT2D eigenvalue weighted by molar-refractivity contribution is 7.09. The molecule has 0 aliphatic heterocycles.